The number of fused-ring (bicyclic) bond motifs is 1. The van der Waals surface area contributed by atoms with Gasteiger partial charge < -0.3 is 5.11 Å². The summed E-state index contributed by atoms with van der Waals surface area (Å²) in [6.07, 6.45) is 4.07. The standard InChI is InChI=1S/C24H29BrNO3S/c1-24(2,3)30(4)29-14-19-20(25)6-5-7-21(19)26-22(27)13-17-12-16(15-8-9-15)10-11-18(17)23(26)28/h5-7,10-12,15,22,27H,8-9,13-14H2,1-4H3/q+1. The van der Waals surface area contributed by atoms with Crippen molar-refractivity contribution in [1.82, 2.24) is 0 Å². The van der Waals surface area contributed by atoms with Crippen molar-refractivity contribution in [3.8, 4) is 0 Å². The van der Waals surface area contributed by atoms with Gasteiger partial charge in [-0.15, -0.1) is 0 Å². The molecule has 2 aromatic carbocycles. The van der Waals surface area contributed by atoms with E-state index in [0.29, 0.717) is 30.2 Å². The fourth-order valence-electron chi connectivity index (χ4n) is 3.72. The molecule has 1 heterocycles. The predicted molar refractivity (Wildman–Crippen MR) is 127 cm³/mol. The molecule has 0 aromatic heterocycles. The van der Waals surface area contributed by atoms with Gasteiger partial charge in [0.2, 0.25) is 0 Å². The number of carbonyl (C=O) groups is 1. The van der Waals surface area contributed by atoms with E-state index in [-0.39, 0.29) is 21.8 Å². The third kappa shape index (κ3) is 4.33. The summed E-state index contributed by atoms with van der Waals surface area (Å²) in [5.74, 6) is 0.469. The van der Waals surface area contributed by atoms with Crippen molar-refractivity contribution >= 4 is 38.7 Å². The quantitative estimate of drug-likeness (QED) is 0.576. The Morgan fingerprint density at radius 1 is 1.23 bits per heavy atom. The van der Waals surface area contributed by atoms with Gasteiger partial charge in [-0.3, -0.25) is 9.69 Å². The minimum absolute atomic E-state index is 0.0417. The highest BCUT2D eigenvalue weighted by molar-refractivity contribution is 9.10. The largest absolute Gasteiger partial charge is 0.373 e. The average molecular weight is 491 g/mol. The summed E-state index contributed by atoms with van der Waals surface area (Å²) < 4.78 is 7.09. The molecule has 30 heavy (non-hydrogen) atoms. The molecule has 0 bridgehead atoms. The highest BCUT2D eigenvalue weighted by atomic mass is 79.9. The smallest absolute Gasteiger partial charge is 0.260 e. The van der Waals surface area contributed by atoms with Gasteiger partial charge in [0.25, 0.3) is 5.91 Å². The molecule has 160 valence electrons. The van der Waals surface area contributed by atoms with Crippen LogP contribution in [-0.4, -0.2) is 28.2 Å². The van der Waals surface area contributed by atoms with E-state index in [4.69, 9.17) is 4.18 Å². The van der Waals surface area contributed by atoms with Crippen LogP contribution < -0.4 is 4.90 Å². The molecular formula is C24H29BrNO3S+. The number of amides is 1. The number of nitrogens with zero attached hydrogens (tertiary/aromatic N) is 1. The molecule has 1 fully saturated rings. The minimum Gasteiger partial charge on any atom is -0.373 e. The number of anilines is 1. The number of carbonyl (C=O) groups excluding carboxylic acids is 1. The maximum Gasteiger partial charge on any atom is 0.260 e. The molecule has 0 radical (unpaired) electrons. The highest BCUT2D eigenvalue weighted by Gasteiger charge is 2.36. The first kappa shape index (κ1) is 21.9. The molecule has 1 saturated carbocycles. The Labute approximate surface area is 190 Å². The summed E-state index contributed by atoms with van der Waals surface area (Å²) in [7, 11) is 0. The molecule has 1 amide bonds. The summed E-state index contributed by atoms with van der Waals surface area (Å²) in [4.78, 5) is 14.9. The number of benzene rings is 2. The lowest BCUT2D eigenvalue weighted by Crippen LogP contribution is -2.46. The van der Waals surface area contributed by atoms with Crippen molar-refractivity contribution in [3.63, 3.8) is 0 Å². The van der Waals surface area contributed by atoms with Crippen LogP contribution in [0.5, 0.6) is 0 Å². The van der Waals surface area contributed by atoms with E-state index in [9.17, 15) is 9.90 Å². The zero-order chi connectivity index (χ0) is 21.6. The van der Waals surface area contributed by atoms with E-state index in [0.717, 1.165) is 15.6 Å². The van der Waals surface area contributed by atoms with Crippen molar-refractivity contribution in [1.29, 1.82) is 0 Å². The Morgan fingerprint density at radius 2 is 1.97 bits per heavy atom. The fraction of sp³-hybridized carbons (Fsp3) is 0.458. The van der Waals surface area contributed by atoms with E-state index in [2.05, 4.69) is 55.1 Å². The highest BCUT2D eigenvalue weighted by Crippen LogP contribution is 2.42. The average Bonchev–Trinajstić information content (AvgIpc) is 3.51. The minimum atomic E-state index is -0.894. The number of halogens is 1. The normalized spacial score (nSPS) is 20.3. The van der Waals surface area contributed by atoms with Crippen LogP contribution in [0.2, 0.25) is 0 Å². The van der Waals surface area contributed by atoms with Gasteiger partial charge in [0, 0.05) is 22.0 Å². The predicted octanol–water partition coefficient (Wildman–Crippen LogP) is 5.33. The summed E-state index contributed by atoms with van der Waals surface area (Å²) in [6.45, 7) is 6.84. The molecule has 1 aliphatic heterocycles. The lowest BCUT2D eigenvalue weighted by atomic mass is 9.93. The number of aliphatic hydroxyl groups excluding tert-OH is 1. The van der Waals surface area contributed by atoms with Gasteiger partial charge in [0.1, 0.15) is 30.3 Å². The van der Waals surface area contributed by atoms with E-state index in [1.807, 2.05) is 24.3 Å². The van der Waals surface area contributed by atoms with Crippen LogP contribution in [0.4, 0.5) is 5.69 Å². The zero-order valence-corrected chi connectivity index (χ0v) is 20.3. The molecule has 2 aliphatic rings. The van der Waals surface area contributed by atoms with Crippen LogP contribution in [0.3, 0.4) is 0 Å². The summed E-state index contributed by atoms with van der Waals surface area (Å²) in [5, 5.41) is 11.0. The van der Waals surface area contributed by atoms with Crippen molar-refractivity contribution in [3.05, 3.63) is 63.1 Å². The van der Waals surface area contributed by atoms with Crippen LogP contribution in [0.25, 0.3) is 0 Å². The molecule has 2 aromatic rings. The topological polar surface area (TPSA) is 49.8 Å². The molecular weight excluding hydrogens is 462 g/mol. The van der Waals surface area contributed by atoms with Gasteiger partial charge in [0.15, 0.2) is 4.75 Å². The number of rotatable bonds is 5. The Bertz CT molecular complexity index is 967. The maximum atomic E-state index is 13.4. The van der Waals surface area contributed by atoms with Crippen LogP contribution in [0, 0.1) is 0 Å². The molecule has 1 aliphatic carbocycles. The number of hydrogen-bond donors (Lipinski definition) is 1. The fourth-order valence-corrected chi connectivity index (χ4v) is 4.84. The SMILES string of the molecule is C[S+](OCc1c(Br)cccc1N1C(=O)c2ccc(C3CC3)cc2CC1O)C(C)(C)C. The Kier molecular flexibility index (Phi) is 6.05. The van der Waals surface area contributed by atoms with Crippen LogP contribution >= 0.6 is 15.9 Å². The first-order chi connectivity index (χ1) is 14.2. The van der Waals surface area contributed by atoms with E-state index in [1.54, 1.807) is 0 Å². The lowest BCUT2D eigenvalue weighted by Gasteiger charge is -2.35. The van der Waals surface area contributed by atoms with Gasteiger partial charge in [-0.25, -0.2) is 0 Å². The van der Waals surface area contributed by atoms with Crippen molar-refractivity contribution < 1.29 is 14.1 Å². The Hall–Kier alpha value is -1.34. The third-order valence-electron chi connectivity index (χ3n) is 5.92. The van der Waals surface area contributed by atoms with Gasteiger partial charge in [-0.1, -0.05) is 34.1 Å². The summed E-state index contributed by atoms with van der Waals surface area (Å²) >= 11 is 3.37. The second-order valence-corrected chi connectivity index (χ2v) is 12.3. The van der Waals surface area contributed by atoms with Crippen molar-refractivity contribution in [2.45, 2.75) is 63.5 Å². The molecule has 0 saturated heterocycles. The summed E-state index contributed by atoms with van der Waals surface area (Å²) in [6, 6.07) is 11.8. The first-order valence-electron chi connectivity index (χ1n) is 10.4. The van der Waals surface area contributed by atoms with Gasteiger partial charge in [-0.05, 0) is 68.9 Å². The molecule has 4 nitrogen and oxygen atoms in total. The molecule has 4 rings (SSSR count). The molecule has 2 atom stereocenters. The molecule has 0 spiro atoms. The number of hydrogen-bond acceptors (Lipinski definition) is 3. The second kappa shape index (κ2) is 8.30. The van der Waals surface area contributed by atoms with Crippen molar-refractivity contribution in [2.24, 2.45) is 0 Å². The van der Waals surface area contributed by atoms with E-state index < -0.39 is 6.23 Å². The van der Waals surface area contributed by atoms with Crippen LogP contribution in [-0.2, 0) is 28.4 Å². The summed E-state index contributed by atoms with van der Waals surface area (Å²) in [5.41, 5.74) is 4.50. The third-order valence-corrected chi connectivity index (χ3v) is 8.86. The van der Waals surface area contributed by atoms with E-state index >= 15 is 0 Å². The second-order valence-electron chi connectivity index (χ2n) is 9.12. The van der Waals surface area contributed by atoms with Gasteiger partial charge >= 0.3 is 0 Å². The lowest BCUT2D eigenvalue weighted by molar-refractivity contribution is 0.0859. The first-order valence-corrected chi connectivity index (χ1v) is 12.7. The zero-order valence-electron chi connectivity index (χ0n) is 17.9. The molecule has 2 unspecified atom stereocenters. The number of aliphatic hydroxyl groups is 1. The molecule has 1 N–H and O–H groups in total. The van der Waals surface area contributed by atoms with Crippen molar-refractivity contribution in [2.75, 3.05) is 11.2 Å². The maximum absolute atomic E-state index is 13.4. The Balaban J connectivity index is 1.65. The Morgan fingerprint density at radius 3 is 2.63 bits per heavy atom. The monoisotopic (exact) mass is 490 g/mol. The van der Waals surface area contributed by atoms with Gasteiger partial charge in [0.05, 0.1) is 5.69 Å². The molecule has 6 heteroatoms. The van der Waals surface area contributed by atoms with Gasteiger partial charge in [-0.2, -0.15) is 4.18 Å². The van der Waals surface area contributed by atoms with E-state index in [1.165, 1.54) is 23.3 Å². The van der Waals surface area contributed by atoms with Crippen LogP contribution in [0.1, 0.15) is 66.6 Å². The van der Waals surface area contributed by atoms with Crippen LogP contribution in [0.15, 0.2) is 40.9 Å².